The van der Waals surface area contributed by atoms with Gasteiger partial charge in [0.25, 0.3) is 0 Å². The van der Waals surface area contributed by atoms with Gasteiger partial charge in [0.1, 0.15) is 0 Å². The van der Waals surface area contributed by atoms with Crippen molar-refractivity contribution in [2.45, 2.75) is 0 Å². The van der Waals surface area contributed by atoms with Crippen LogP contribution in [-0.2, 0) is 0 Å². The monoisotopic (exact) mass is 714 g/mol. The fourth-order valence-corrected chi connectivity index (χ4v) is 6.79. The third-order valence-electron chi connectivity index (χ3n) is 9.42. The Morgan fingerprint density at radius 3 is 1.67 bits per heavy atom. The molecule has 0 fully saturated rings. The molecule has 0 amide bonds. The molecule has 2 heterocycles. The fourth-order valence-electron chi connectivity index (χ4n) is 6.79. The molecule has 8 aromatic carbocycles. The third kappa shape index (κ3) is 6.06. The van der Waals surface area contributed by atoms with Crippen molar-refractivity contribution in [2.75, 3.05) is 0 Å². The molecule has 55 heavy (non-hydrogen) atoms. The lowest BCUT2D eigenvalue weighted by Crippen LogP contribution is -2.01. The molecule has 4 nitrogen and oxygen atoms in total. The Kier molecular flexibility index (Phi) is 5.52. The Hall–Kier alpha value is -7.43. The smallest absolute Gasteiger partial charge is 0.164 e. The first-order valence-electron chi connectivity index (χ1n) is 23.6. The Bertz CT molecular complexity index is 3630. The van der Waals surface area contributed by atoms with Crippen LogP contribution in [-0.4, -0.2) is 19.5 Å². The van der Waals surface area contributed by atoms with E-state index >= 15 is 0 Å². The van der Waals surface area contributed by atoms with Gasteiger partial charge in [-0.1, -0.05) is 176 Å². The highest BCUT2D eigenvalue weighted by Crippen LogP contribution is 2.38. The van der Waals surface area contributed by atoms with Gasteiger partial charge in [-0.3, -0.25) is 0 Å². The van der Waals surface area contributed by atoms with E-state index < -0.39 is 78.2 Å². The zero-order valence-electron chi connectivity index (χ0n) is 41.0. The topological polar surface area (TPSA) is 43.6 Å². The van der Waals surface area contributed by atoms with E-state index in [1.54, 1.807) is 24.3 Å². The highest BCUT2D eigenvalue weighted by molar-refractivity contribution is 6.10. The van der Waals surface area contributed by atoms with Crippen LogP contribution in [0.4, 0.5) is 0 Å². The number of hydrogen-bond acceptors (Lipinski definition) is 3. The molecule has 10 rings (SSSR count). The molecule has 10 aromatic rings. The molecule has 0 spiro atoms. The first-order valence-corrected chi connectivity index (χ1v) is 17.6. The SMILES string of the molecule is [2H]c1c([2H])c([2H])c(-n2c3c([2H])c([2H])c([2H])c([2H])c3c3c([2H])c([2H])c(-c4ccccc4-c4nc(-c5ccc(-c6ccccc6)cc5)nc(-c5cccc(-c6ccccc6)c5)n4)c([2H])c32)c([2H])c1[2H]. The molecule has 0 radical (unpaired) electrons. The van der Waals surface area contributed by atoms with Crippen LogP contribution in [0.1, 0.15) is 16.4 Å². The minimum absolute atomic E-state index is 0.110. The zero-order chi connectivity index (χ0) is 47.0. The van der Waals surface area contributed by atoms with E-state index in [1.807, 2.05) is 109 Å². The van der Waals surface area contributed by atoms with Gasteiger partial charge in [0.2, 0.25) is 0 Å². The van der Waals surface area contributed by atoms with E-state index in [0.717, 1.165) is 26.8 Å². The van der Waals surface area contributed by atoms with Gasteiger partial charge in [0, 0.05) is 33.2 Å². The van der Waals surface area contributed by atoms with Crippen molar-refractivity contribution in [3.8, 4) is 73.2 Å². The van der Waals surface area contributed by atoms with Gasteiger partial charge in [-0.05, 0) is 63.6 Å². The second-order valence-corrected chi connectivity index (χ2v) is 12.7. The molecule has 258 valence electrons. The summed E-state index contributed by atoms with van der Waals surface area (Å²) in [5, 5.41) is -0.450. The summed E-state index contributed by atoms with van der Waals surface area (Å²) >= 11 is 0. The van der Waals surface area contributed by atoms with E-state index in [-0.39, 0.29) is 38.8 Å². The van der Waals surface area contributed by atoms with Gasteiger partial charge in [-0.15, -0.1) is 0 Å². The van der Waals surface area contributed by atoms with Crippen LogP contribution in [0.15, 0.2) is 206 Å². The van der Waals surface area contributed by atoms with Crippen LogP contribution in [0.3, 0.4) is 0 Å². The van der Waals surface area contributed by atoms with Gasteiger partial charge in [0.05, 0.1) is 27.5 Å². The molecule has 0 N–H and O–H groups in total. The maximum absolute atomic E-state index is 9.94. The van der Waals surface area contributed by atoms with Crippen LogP contribution in [0.25, 0.3) is 95.0 Å². The molecule has 0 aliphatic rings. The van der Waals surface area contributed by atoms with Crippen LogP contribution >= 0.6 is 0 Å². The van der Waals surface area contributed by atoms with Gasteiger partial charge < -0.3 is 4.57 Å². The number of rotatable bonds is 7. The molecule has 2 aromatic heterocycles. The highest BCUT2D eigenvalue weighted by Gasteiger charge is 2.18. The van der Waals surface area contributed by atoms with Gasteiger partial charge in [0.15, 0.2) is 17.5 Å². The Balaban J connectivity index is 1.26. The van der Waals surface area contributed by atoms with E-state index in [4.69, 9.17) is 27.3 Å². The Morgan fingerprint density at radius 1 is 0.364 bits per heavy atom. The summed E-state index contributed by atoms with van der Waals surface area (Å²) in [6, 6.07) is 34.8. The quantitative estimate of drug-likeness (QED) is 0.165. The maximum Gasteiger partial charge on any atom is 0.164 e. The van der Waals surface area contributed by atoms with Crippen molar-refractivity contribution in [3.05, 3.63) is 206 Å². The lowest BCUT2D eigenvalue weighted by atomic mass is 9.97. The molecule has 0 saturated carbocycles. The summed E-state index contributed by atoms with van der Waals surface area (Å²) in [6.07, 6.45) is 0. The van der Waals surface area contributed by atoms with Gasteiger partial charge in [-0.2, -0.15) is 0 Å². The molecule has 0 unspecified atom stereocenters. The van der Waals surface area contributed by atoms with E-state index in [2.05, 4.69) is 0 Å². The number of para-hydroxylation sites is 2. The summed E-state index contributed by atoms with van der Waals surface area (Å²) in [6.45, 7) is 0. The van der Waals surface area contributed by atoms with Crippen molar-refractivity contribution in [1.82, 2.24) is 19.5 Å². The molecule has 0 saturated heterocycles. The van der Waals surface area contributed by atoms with Crippen molar-refractivity contribution in [2.24, 2.45) is 0 Å². The first kappa shape index (κ1) is 21.9. The Morgan fingerprint density at radius 2 is 0.909 bits per heavy atom. The Labute approximate surface area is 336 Å². The minimum Gasteiger partial charge on any atom is -0.309 e. The largest absolute Gasteiger partial charge is 0.309 e. The first-order chi connectivity index (χ1) is 32.3. The van der Waals surface area contributed by atoms with Crippen LogP contribution in [0.5, 0.6) is 0 Å². The van der Waals surface area contributed by atoms with E-state index in [9.17, 15) is 4.11 Å². The van der Waals surface area contributed by atoms with Crippen molar-refractivity contribution < 1.29 is 16.4 Å². The second-order valence-electron chi connectivity index (χ2n) is 12.7. The lowest BCUT2D eigenvalue weighted by molar-refractivity contribution is 1.07. The standard InChI is InChI=1S/C51H34N4/c1-4-15-35(16-5-1)37-27-29-38(30-28-37)49-52-50(41-20-14-19-39(33-41)36-17-6-2-7-18-36)54-51(53-49)46-25-11-10-23-43(46)40-31-32-45-44-24-12-13-26-47(44)55(48(45)34-40)42-21-8-3-9-22-42/h1-34H/i3D,8D,9D,12D,13D,21D,22D,24D,26D,31D,32D,34D. The summed E-state index contributed by atoms with van der Waals surface area (Å²) in [5.41, 5.74) is 4.74. The molecule has 4 heteroatoms. The van der Waals surface area contributed by atoms with Gasteiger partial charge >= 0.3 is 0 Å². The lowest BCUT2D eigenvalue weighted by Gasteiger charge is -2.13. The molecular weight excluding hydrogens is 669 g/mol. The summed E-state index contributed by atoms with van der Waals surface area (Å²) < 4.78 is 108. The van der Waals surface area contributed by atoms with E-state index in [1.165, 1.54) is 0 Å². The molecule has 0 aliphatic heterocycles. The number of hydrogen-bond donors (Lipinski definition) is 0. The van der Waals surface area contributed by atoms with Crippen molar-refractivity contribution in [3.63, 3.8) is 0 Å². The third-order valence-corrected chi connectivity index (χ3v) is 9.42. The van der Waals surface area contributed by atoms with Gasteiger partial charge in [-0.25, -0.2) is 15.0 Å². The minimum atomic E-state index is -0.711. The van der Waals surface area contributed by atoms with E-state index in [0.29, 0.717) is 28.3 Å². The normalized spacial score (nSPS) is 14.3. The second kappa shape index (κ2) is 13.8. The number of benzene rings is 8. The maximum atomic E-state index is 9.94. The van der Waals surface area contributed by atoms with Crippen LogP contribution in [0, 0.1) is 0 Å². The van der Waals surface area contributed by atoms with Crippen molar-refractivity contribution >= 4 is 21.8 Å². The number of fused-ring (bicyclic) bond motifs is 3. The molecular formula is C51H34N4. The molecule has 0 aliphatic carbocycles. The number of aromatic nitrogens is 4. The summed E-state index contributed by atoms with van der Waals surface area (Å²) in [4.78, 5) is 15.0. The molecule has 0 bridgehead atoms. The van der Waals surface area contributed by atoms with Crippen LogP contribution < -0.4 is 0 Å². The summed E-state index contributed by atoms with van der Waals surface area (Å²) in [7, 11) is 0. The predicted molar refractivity (Wildman–Crippen MR) is 227 cm³/mol. The fraction of sp³-hybridized carbons (Fsp3) is 0. The van der Waals surface area contributed by atoms with Crippen molar-refractivity contribution in [1.29, 1.82) is 0 Å². The predicted octanol–water partition coefficient (Wildman–Crippen LogP) is 13.0. The highest BCUT2D eigenvalue weighted by atomic mass is 15.0. The zero-order valence-corrected chi connectivity index (χ0v) is 29.0. The molecule has 0 atom stereocenters. The van der Waals surface area contributed by atoms with Crippen LogP contribution in [0.2, 0.25) is 0 Å². The summed E-state index contributed by atoms with van der Waals surface area (Å²) in [5.74, 6) is 0.834. The average Bonchev–Trinajstić information content (AvgIpc) is 3.72. The average molecular weight is 715 g/mol. The number of nitrogens with zero attached hydrogens (tertiary/aromatic N) is 4.